The number of pyridine rings is 1. The lowest BCUT2D eigenvalue weighted by molar-refractivity contribution is 0.0904. The van der Waals surface area contributed by atoms with Gasteiger partial charge in [-0.1, -0.05) is 5.92 Å². The predicted octanol–water partition coefficient (Wildman–Crippen LogP) is 2.49. The van der Waals surface area contributed by atoms with Gasteiger partial charge in [0.1, 0.15) is 5.69 Å². The van der Waals surface area contributed by atoms with Gasteiger partial charge in [0.15, 0.2) is 0 Å². The molecule has 5 heteroatoms. The van der Waals surface area contributed by atoms with Gasteiger partial charge in [0.25, 0.3) is 5.91 Å². The van der Waals surface area contributed by atoms with Crippen molar-refractivity contribution in [1.29, 1.82) is 0 Å². The van der Waals surface area contributed by atoms with E-state index in [1.807, 2.05) is 19.1 Å². The highest BCUT2D eigenvalue weighted by Crippen LogP contribution is 2.27. The minimum Gasteiger partial charge on any atom is -0.347 e. The van der Waals surface area contributed by atoms with Gasteiger partial charge >= 0.3 is 0 Å². The lowest BCUT2D eigenvalue weighted by Crippen LogP contribution is -2.47. The summed E-state index contributed by atoms with van der Waals surface area (Å²) in [6.07, 6.45) is 4.14. The molecule has 2 aromatic heterocycles. The van der Waals surface area contributed by atoms with Crippen LogP contribution in [-0.2, 0) is 0 Å². The molecule has 4 heterocycles. The molecular formula is C18H19N3OS. The standard InChI is InChI=1S/C18H19N3OS/c1-2-3-15-7-13-9-19-16(8-17(13)23-15)18(22)20-14-6-12-4-5-21(10-12)11-14/h7-9,12,14H,4-6,10-11H2,1H3,(H,20,22). The number of piperidine rings is 1. The zero-order valence-electron chi connectivity index (χ0n) is 13.1. The molecule has 0 aliphatic carbocycles. The lowest BCUT2D eigenvalue weighted by Gasteiger charge is -2.30. The summed E-state index contributed by atoms with van der Waals surface area (Å²) in [5.74, 6) is 6.66. The first-order chi connectivity index (χ1) is 11.2. The van der Waals surface area contributed by atoms with Crippen molar-refractivity contribution in [2.24, 2.45) is 5.92 Å². The van der Waals surface area contributed by atoms with E-state index in [4.69, 9.17) is 0 Å². The van der Waals surface area contributed by atoms with Gasteiger partial charge in [0, 0.05) is 35.4 Å². The summed E-state index contributed by atoms with van der Waals surface area (Å²) in [7, 11) is 0. The van der Waals surface area contributed by atoms with Crippen molar-refractivity contribution in [3.63, 3.8) is 0 Å². The molecule has 0 spiro atoms. The van der Waals surface area contributed by atoms with Crippen LogP contribution in [0.15, 0.2) is 18.3 Å². The summed E-state index contributed by atoms with van der Waals surface area (Å²) in [6, 6.07) is 4.16. The molecule has 2 saturated heterocycles. The van der Waals surface area contributed by atoms with Crippen molar-refractivity contribution in [2.45, 2.75) is 25.8 Å². The van der Waals surface area contributed by atoms with Gasteiger partial charge in [-0.25, -0.2) is 0 Å². The van der Waals surface area contributed by atoms with E-state index in [0.29, 0.717) is 5.69 Å². The molecule has 23 heavy (non-hydrogen) atoms. The molecule has 3 unspecified atom stereocenters. The molecular weight excluding hydrogens is 306 g/mol. The fourth-order valence-electron chi connectivity index (χ4n) is 3.67. The summed E-state index contributed by atoms with van der Waals surface area (Å²) in [4.78, 5) is 20.3. The Morgan fingerprint density at radius 1 is 1.43 bits per heavy atom. The molecule has 2 fully saturated rings. The van der Waals surface area contributed by atoms with Crippen LogP contribution in [0, 0.1) is 17.8 Å². The summed E-state index contributed by atoms with van der Waals surface area (Å²) in [6.45, 7) is 5.18. The van der Waals surface area contributed by atoms with E-state index < -0.39 is 0 Å². The molecule has 118 valence electrons. The van der Waals surface area contributed by atoms with Crippen LogP contribution in [0.2, 0.25) is 0 Å². The minimum absolute atomic E-state index is 0.0593. The Labute approximate surface area is 139 Å². The van der Waals surface area contributed by atoms with Gasteiger partial charge < -0.3 is 10.2 Å². The first-order valence-corrected chi connectivity index (χ1v) is 8.88. The number of thiophene rings is 1. The fourth-order valence-corrected chi connectivity index (χ4v) is 4.64. The summed E-state index contributed by atoms with van der Waals surface area (Å²) in [5, 5.41) is 4.21. The second-order valence-electron chi connectivity index (χ2n) is 6.41. The van der Waals surface area contributed by atoms with Crippen LogP contribution in [0.1, 0.15) is 35.1 Å². The number of nitrogens with zero attached hydrogens (tertiary/aromatic N) is 2. The highest BCUT2D eigenvalue weighted by Gasteiger charge is 2.33. The van der Waals surface area contributed by atoms with Gasteiger partial charge in [0.2, 0.25) is 0 Å². The quantitative estimate of drug-likeness (QED) is 0.863. The Balaban J connectivity index is 1.51. The maximum Gasteiger partial charge on any atom is 0.270 e. The molecule has 1 N–H and O–H groups in total. The van der Waals surface area contributed by atoms with Crippen molar-refractivity contribution in [2.75, 3.05) is 19.6 Å². The second kappa shape index (κ2) is 5.95. The maximum atomic E-state index is 12.5. The Bertz CT molecular complexity index is 805. The zero-order valence-corrected chi connectivity index (χ0v) is 13.9. The number of nitrogens with one attached hydrogen (secondary N) is 1. The number of amides is 1. The highest BCUT2D eigenvalue weighted by atomic mass is 32.1. The first kappa shape index (κ1) is 14.7. The number of rotatable bonds is 2. The van der Waals surface area contributed by atoms with Crippen LogP contribution in [0.4, 0.5) is 0 Å². The average molecular weight is 325 g/mol. The van der Waals surface area contributed by atoms with Crippen molar-refractivity contribution >= 4 is 27.3 Å². The van der Waals surface area contributed by atoms with Crippen LogP contribution in [0.3, 0.4) is 0 Å². The summed E-state index contributed by atoms with van der Waals surface area (Å²) in [5.41, 5.74) is 0.503. The largest absolute Gasteiger partial charge is 0.347 e. The van der Waals surface area contributed by atoms with Crippen LogP contribution >= 0.6 is 11.3 Å². The average Bonchev–Trinajstić information content (AvgIpc) is 3.09. The number of hydrogen-bond donors (Lipinski definition) is 1. The van der Waals surface area contributed by atoms with E-state index in [9.17, 15) is 4.79 Å². The Hall–Kier alpha value is -1.90. The number of aromatic nitrogens is 1. The Kier molecular flexibility index (Phi) is 3.80. The lowest BCUT2D eigenvalue weighted by atomic mass is 9.97. The van der Waals surface area contributed by atoms with E-state index in [1.54, 1.807) is 17.5 Å². The van der Waals surface area contributed by atoms with E-state index in [-0.39, 0.29) is 11.9 Å². The topological polar surface area (TPSA) is 45.2 Å². The zero-order chi connectivity index (χ0) is 15.8. The Morgan fingerprint density at radius 3 is 3.17 bits per heavy atom. The maximum absolute atomic E-state index is 12.5. The Morgan fingerprint density at radius 2 is 2.35 bits per heavy atom. The number of hydrogen-bond acceptors (Lipinski definition) is 4. The van der Waals surface area contributed by atoms with E-state index in [1.165, 1.54) is 19.5 Å². The molecule has 3 atom stereocenters. The van der Waals surface area contributed by atoms with Crippen LogP contribution in [0.25, 0.3) is 10.1 Å². The number of carbonyl (C=O) groups excluding carboxylic acids is 1. The van der Waals surface area contributed by atoms with E-state index in [2.05, 4.69) is 27.0 Å². The third kappa shape index (κ3) is 2.97. The van der Waals surface area contributed by atoms with E-state index in [0.717, 1.165) is 33.8 Å². The first-order valence-electron chi connectivity index (χ1n) is 8.07. The van der Waals surface area contributed by atoms with Crippen molar-refractivity contribution < 1.29 is 4.79 Å². The molecule has 4 nitrogen and oxygen atoms in total. The van der Waals surface area contributed by atoms with Crippen molar-refractivity contribution in [3.05, 3.63) is 28.9 Å². The summed E-state index contributed by atoms with van der Waals surface area (Å²) >= 11 is 1.61. The molecule has 1 amide bonds. The van der Waals surface area contributed by atoms with Gasteiger partial charge in [-0.2, -0.15) is 0 Å². The monoisotopic (exact) mass is 325 g/mol. The van der Waals surface area contributed by atoms with Crippen LogP contribution in [-0.4, -0.2) is 41.5 Å². The predicted molar refractivity (Wildman–Crippen MR) is 92.6 cm³/mol. The highest BCUT2D eigenvalue weighted by molar-refractivity contribution is 7.19. The minimum atomic E-state index is -0.0593. The normalized spacial score (nSPS) is 25.9. The molecule has 2 aliphatic rings. The van der Waals surface area contributed by atoms with Gasteiger partial charge in [0.05, 0.1) is 4.88 Å². The van der Waals surface area contributed by atoms with E-state index >= 15 is 0 Å². The molecule has 2 aliphatic heterocycles. The van der Waals surface area contributed by atoms with Gasteiger partial charge in [-0.05, 0) is 44.4 Å². The third-order valence-corrected chi connectivity index (χ3v) is 5.70. The van der Waals surface area contributed by atoms with Gasteiger partial charge in [-0.15, -0.1) is 17.3 Å². The van der Waals surface area contributed by atoms with Gasteiger partial charge in [-0.3, -0.25) is 9.78 Å². The third-order valence-electron chi connectivity index (χ3n) is 4.68. The molecule has 2 bridgehead atoms. The fraction of sp³-hybridized carbons (Fsp3) is 0.444. The van der Waals surface area contributed by atoms with Crippen LogP contribution < -0.4 is 5.32 Å². The SMILES string of the molecule is CC#Cc1cc2cnc(C(=O)NC3CC4CCN(C4)C3)cc2s1. The van der Waals surface area contributed by atoms with Crippen molar-refractivity contribution in [3.8, 4) is 11.8 Å². The van der Waals surface area contributed by atoms with Crippen molar-refractivity contribution in [1.82, 2.24) is 15.2 Å². The molecule has 4 rings (SSSR count). The number of fused-ring (bicyclic) bond motifs is 3. The summed E-state index contributed by atoms with van der Waals surface area (Å²) < 4.78 is 1.07. The molecule has 2 aromatic rings. The van der Waals surface area contributed by atoms with Crippen LogP contribution in [0.5, 0.6) is 0 Å². The molecule has 0 saturated carbocycles. The smallest absolute Gasteiger partial charge is 0.270 e. The number of carbonyl (C=O) groups is 1. The molecule has 0 aromatic carbocycles. The second-order valence-corrected chi connectivity index (χ2v) is 7.50. The molecule has 0 radical (unpaired) electrons.